The Labute approximate surface area is 293 Å². The van der Waals surface area contributed by atoms with Crippen LogP contribution >= 0.6 is 0 Å². The Morgan fingerprint density at radius 3 is 0.941 bits per heavy atom. The molecule has 0 aromatic heterocycles. The summed E-state index contributed by atoms with van der Waals surface area (Å²) in [5, 5.41) is 0. The van der Waals surface area contributed by atoms with Crippen molar-refractivity contribution >= 4 is 36.4 Å². The molecule has 0 heterocycles. The first-order valence-electron chi connectivity index (χ1n) is 15.5. The lowest BCUT2D eigenvalue weighted by Gasteiger charge is -2.29. The Morgan fingerprint density at radius 1 is 0.431 bits per heavy atom. The van der Waals surface area contributed by atoms with Gasteiger partial charge in [-0.25, -0.2) is 43.7 Å². The van der Waals surface area contributed by atoms with Gasteiger partial charge in [-0.05, 0) is 118 Å². The van der Waals surface area contributed by atoms with Crippen molar-refractivity contribution in [2.75, 3.05) is 19.8 Å². The minimum atomic E-state index is -1.51. The largest absolute Gasteiger partial charge is 0.549 e. The van der Waals surface area contributed by atoms with Crippen LogP contribution in [0.4, 0.5) is 14.4 Å². The SMILES string of the molecule is CCC(COC(=O)OOC(=O)c1ccc(C)c(C)c1)(COC(=O)OOC(=O)c1ccc(C)c(C)c1)COC(=O)OOC(=O)c1ccc(C)c(C)c1. The first-order valence-corrected chi connectivity index (χ1v) is 15.5. The van der Waals surface area contributed by atoms with Crippen molar-refractivity contribution < 1.29 is 72.3 Å². The topological polar surface area (TPSA) is 185 Å². The molecular weight excluding hydrogens is 672 g/mol. The Bertz CT molecular complexity index is 1580. The zero-order chi connectivity index (χ0) is 37.7. The van der Waals surface area contributed by atoms with Gasteiger partial charge in [0.25, 0.3) is 0 Å². The van der Waals surface area contributed by atoms with Gasteiger partial charge in [0.1, 0.15) is 19.8 Å². The quantitative estimate of drug-likeness (QED) is 0.0904. The number of carbonyl (C=O) groups is 6. The van der Waals surface area contributed by atoms with Crippen LogP contribution in [-0.2, 0) is 43.5 Å². The van der Waals surface area contributed by atoms with Crippen LogP contribution in [0.1, 0.15) is 77.8 Å². The predicted octanol–water partition coefficient (Wildman–Crippen LogP) is 7.01. The third-order valence-corrected chi connectivity index (χ3v) is 8.02. The fourth-order valence-electron chi connectivity index (χ4n) is 4.10. The van der Waals surface area contributed by atoms with Crippen molar-refractivity contribution in [3.05, 3.63) is 105 Å². The number of hydrogen-bond acceptors (Lipinski definition) is 15. The number of carbonyl (C=O) groups excluding carboxylic acids is 6. The Morgan fingerprint density at radius 2 is 0.706 bits per heavy atom. The Balaban J connectivity index is 1.61. The van der Waals surface area contributed by atoms with Crippen molar-refractivity contribution in [2.45, 2.75) is 54.9 Å². The molecule has 0 unspecified atom stereocenters. The number of benzene rings is 3. The van der Waals surface area contributed by atoms with E-state index < -0.39 is 61.6 Å². The third-order valence-electron chi connectivity index (χ3n) is 8.02. The van der Waals surface area contributed by atoms with Crippen molar-refractivity contribution in [1.29, 1.82) is 0 Å². The van der Waals surface area contributed by atoms with E-state index in [-0.39, 0.29) is 23.1 Å². The highest BCUT2D eigenvalue weighted by Gasteiger charge is 2.36. The van der Waals surface area contributed by atoms with Crippen LogP contribution in [0.2, 0.25) is 0 Å². The maximum atomic E-state index is 12.4. The van der Waals surface area contributed by atoms with Gasteiger partial charge in [-0.2, -0.15) is 14.4 Å². The van der Waals surface area contributed by atoms with E-state index in [1.54, 1.807) is 64.1 Å². The zero-order valence-electron chi connectivity index (χ0n) is 29.1. The standard InChI is InChI=1S/C36H38O15/c1-8-36(18-43-33(40)49-46-30(37)27-12-9-21(2)24(5)15-27,19-44-34(41)50-47-31(38)28-13-10-22(3)25(6)16-28)20-45-35(42)51-48-32(39)29-14-11-23(4)26(7)17-29/h9-17H,8,18-20H2,1-7H3. The molecule has 0 amide bonds. The zero-order valence-corrected chi connectivity index (χ0v) is 29.1. The molecule has 0 aliphatic carbocycles. The van der Waals surface area contributed by atoms with Gasteiger partial charge in [-0.15, -0.1) is 0 Å². The molecule has 0 radical (unpaired) electrons. The molecule has 0 saturated heterocycles. The lowest BCUT2D eigenvalue weighted by Crippen LogP contribution is -2.39. The van der Waals surface area contributed by atoms with E-state index in [9.17, 15) is 28.8 Å². The first-order chi connectivity index (χ1) is 24.1. The van der Waals surface area contributed by atoms with Crippen LogP contribution in [0.15, 0.2) is 54.6 Å². The monoisotopic (exact) mass is 710 g/mol. The van der Waals surface area contributed by atoms with Crippen LogP contribution in [-0.4, -0.2) is 56.2 Å². The highest BCUT2D eigenvalue weighted by molar-refractivity contribution is 5.90. The minimum Gasteiger partial charge on any atom is -0.431 e. The van der Waals surface area contributed by atoms with Crippen molar-refractivity contribution in [3.63, 3.8) is 0 Å². The van der Waals surface area contributed by atoms with Gasteiger partial charge < -0.3 is 14.2 Å². The molecule has 51 heavy (non-hydrogen) atoms. The van der Waals surface area contributed by atoms with E-state index in [1.807, 2.05) is 20.8 Å². The average Bonchev–Trinajstić information content (AvgIpc) is 3.11. The number of aryl methyl sites for hydroxylation is 6. The molecule has 3 aromatic rings. The summed E-state index contributed by atoms with van der Waals surface area (Å²) >= 11 is 0. The second kappa shape index (κ2) is 18.0. The predicted molar refractivity (Wildman–Crippen MR) is 174 cm³/mol. The summed E-state index contributed by atoms with van der Waals surface area (Å²) in [5.74, 6) is -2.92. The average molecular weight is 711 g/mol. The molecule has 0 atom stereocenters. The Kier molecular flexibility index (Phi) is 13.9. The summed E-state index contributed by atoms with van der Waals surface area (Å²) in [4.78, 5) is 101. The highest BCUT2D eigenvalue weighted by Crippen LogP contribution is 2.25. The molecule has 0 bridgehead atoms. The molecule has 0 aliphatic rings. The van der Waals surface area contributed by atoms with E-state index in [0.717, 1.165) is 33.4 Å². The molecule has 0 N–H and O–H groups in total. The van der Waals surface area contributed by atoms with Crippen LogP contribution < -0.4 is 0 Å². The minimum absolute atomic E-state index is 0.00807. The van der Waals surface area contributed by atoms with Gasteiger partial charge in [0, 0.05) is 0 Å². The summed E-state index contributed by atoms with van der Waals surface area (Å²) in [5.41, 5.74) is 4.03. The molecule has 15 heteroatoms. The van der Waals surface area contributed by atoms with Crippen LogP contribution in [0.3, 0.4) is 0 Å². The van der Waals surface area contributed by atoms with Gasteiger partial charge in [0.05, 0.1) is 22.1 Å². The normalized spacial score (nSPS) is 10.6. The Hall–Kier alpha value is -6.12. The lowest BCUT2D eigenvalue weighted by molar-refractivity contribution is -0.217. The van der Waals surface area contributed by atoms with Crippen molar-refractivity contribution in [3.8, 4) is 0 Å². The van der Waals surface area contributed by atoms with E-state index in [0.29, 0.717) is 0 Å². The van der Waals surface area contributed by atoms with Gasteiger partial charge >= 0.3 is 36.4 Å². The molecule has 0 saturated carbocycles. The molecule has 3 aromatic carbocycles. The van der Waals surface area contributed by atoms with Gasteiger partial charge in [0.2, 0.25) is 0 Å². The summed E-state index contributed by atoms with van der Waals surface area (Å²) in [7, 11) is 0. The molecule has 3 rings (SSSR count). The summed E-state index contributed by atoms with van der Waals surface area (Å²) in [6.07, 6.45) is -4.37. The second-order valence-electron chi connectivity index (χ2n) is 11.7. The van der Waals surface area contributed by atoms with Crippen molar-refractivity contribution in [2.24, 2.45) is 5.41 Å². The fourth-order valence-corrected chi connectivity index (χ4v) is 4.10. The smallest absolute Gasteiger partial charge is 0.431 e. The van der Waals surface area contributed by atoms with E-state index >= 15 is 0 Å². The van der Waals surface area contributed by atoms with E-state index in [4.69, 9.17) is 14.2 Å². The molecule has 0 aliphatic heterocycles. The second-order valence-corrected chi connectivity index (χ2v) is 11.7. The number of hydrogen-bond donors (Lipinski definition) is 0. The van der Waals surface area contributed by atoms with Crippen LogP contribution in [0.5, 0.6) is 0 Å². The third kappa shape index (κ3) is 11.8. The number of ether oxygens (including phenoxy) is 3. The number of rotatable bonds is 10. The summed E-state index contributed by atoms with van der Waals surface area (Å²) in [6.45, 7) is 10.5. The molecule has 15 nitrogen and oxygen atoms in total. The summed E-state index contributed by atoms with van der Waals surface area (Å²) in [6, 6.07) is 14.1. The summed E-state index contributed by atoms with van der Waals surface area (Å²) < 4.78 is 15.2. The van der Waals surface area contributed by atoms with Gasteiger partial charge in [0.15, 0.2) is 0 Å². The van der Waals surface area contributed by atoms with Crippen LogP contribution in [0.25, 0.3) is 0 Å². The first kappa shape index (κ1) is 39.3. The molecular formula is C36H38O15. The van der Waals surface area contributed by atoms with Gasteiger partial charge in [-0.3, -0.25) is 0 Å². The van der Waals surface area contributed by atoms with E-state index in [1.165, 1.54) is 18.2 Å². The van der Waals surface area contributed by atoms with Gasteiger partial charge in [-0.1, -0.05) is 25.1 Å². The van der Waals surface area contributed by atoms with Crippen LogP contribution in [0, 0.1) is 47.0 Å². The lowest BCUT2D eigenvalue weighted by atomic mass is 9.88. The van der Waals surface area contributed by atoms with E-state index in [2.05, 4.69) is 29.3 Å². The molecule has 272 valence electrons. The maximum Gasteiger partial charge on any atom is 0.549 e. The highest BCUT2D eigenvalue weighted by atomic mass is 17.2. The van der Waals surface area contributed by atoms with Crippen molar-refractivity contribution in [1.82, 2.24) is 0 Å². The molecule has 0 fully saturated rings. The fraction of sp³-hybridized carbons (Fsp3) is 0.333. The molecule has 0 spiro atoms. The maximum absolute atomic E-state index is 12.4.